The van der Waals surface area contributed by atoms with E-state index >= 15 is 0 Å². The minimum absolute atomic E-state index is 0.577. The number of aromatic nitrogens is 3. The van der Waals surface area contributed by atoms with E-state index < -0.39 is 0 Å². The average molecular weight is 380 g/mol. The molecule has 0 bridgehead atoms. The first-order valence-corrected chi connectivity index (χ1v) is 10.1. The lowest BCUT2D eigenvalue weighted by atomic mass is 10.1. The average Bonchev–Trinajstić information content (AvgIpc) is 3.46. The van der Waals surface area contributed by atoms with Crippen molar-refractivity contribution in [3.63, 3.8) is 0 Å². The van der Waals surface area contributed by atoms with Gasteiger partial charge in [-0.15, -0.1) is 0 Å². The Bertz CT molecular complexity index is 969. The minimum Gasteiger partial charge on any atom is -0.315 e. The Balaban J connectivity index is 1.55. The third kappa shape index (κ3) is 4.20. The van der Waals surface area contributed by atoms with Gasteiger partial charge in [-0.05, 0) is 43.1 Å². The van der Waals surface area contributed by atoms with E-state index in [2.05, 4.69) is 73.1 Å². The number of rotatable bonds is 7. The van der Waals surface area contributed by atoms with E-state index in [4.69, 9.17) is 17.3 Å². The van der Waals surface area contributed by atoms with Crippen molar-refractivity contribution in [3.05, 3.63) is 81.9 Å². The highest BCUT2D eigenvalue weighted by Gasteiger charge is 2.30. The second kappa shape index (κ2) is 7.79. The Morgan fingerprint density at radius 3 is 2.48 bits per heavy atom. The Labute approximate surface area is 166 Å². The molecule has 0 spiro atoms. The van der Waals surface area contributed by atoms with Crippen LogP contribution in [0.5, 0.6) is 0 Å². The molecule has 27 heavy (non-hydrogen) atoms. The summed E-state index contributed by atoms with van der Waals surface area (Å²) in [5.74, 6) is 1.74. The van der Waals surface area contributed by atoms with Crippen molar-refractivity contribution in [1.82, 2.24) is 14.3 Å². The molecule has 2 aromatic carbocycles. The van der Waals surface area contributed by atoms with Gasteiger partial charge in [0.1, 0.15) is 12.4 Å². The van der Waals surface area contributed by atoms with Crippen molar-refractivity contribution in [2.24, 2.45) is 0 Å². The summed E-state index contributed by atoms with van der Waals surface area (Å²) in [4.78, 5) is 1.38. The largest absolute Gasteiger partial charge is 0.315 e. The van der Waals surface area contributed by atoms with E-state index in [-0.39, 0.29) is 0 Å². The Kier molecular flexibility index (Phi) is 5.23. The molecule has 4 rings (SSSR count). The minimum atomic E-state index is 0.577. The topological polar surface area (TPSA) is 27.2 Å². The summed E-state index contributed by atoms with van der Waals surface area (Å²) in [5.41, 5.74) is 4.00. The van der Waals surface area contributed by atoms with Crippen LogP contribution < -0.4 is 4.90 Å². The number of benzene rings is 2. The molecular formula is C22H27N4S+. The first kappa shape index (κ1) is 18.1. The lowest BCUT2D eigenvalue weighted by Gasteiger charge is -2.15. The predicted molar refractivity (Wildman–Crippen MR) is 110 cm³/mol. The van der Waals surface area contributed by atoms with E-state index in [9.17, 15) is 0 Å². The van der Waals surface area contributed by atoms with E-state index in [0.717, 1.165) is 30.4 Å². The van der Waals surface area contributed by atoms with Crippen LogP contribution in [0, 0.1) is 11.7 Å². The lowest BCUT2D eigenvalue weighted by molar-refractivity contribution is -0.917. The van der Waals surface area contributed by atoms with Crippen LogP contribution in [0.2, 0.25) is 0 Å². The van der Waals surface area contributed by atoms with Crippen LogP contribution in [0.3, 0.4) is 0 Å². The lowest BCUT2D eigenvalue weighted by Crippen LogP contribution is -3.07. The highest BCUT2D eigenvalue weighted by Crippen LogP contribution is 2.39. The molecule has 0 aliphatic heterocycles. The summed E-state index contributed by atoms with van der Waals surface area (Å²) < 4.78 is 5.10. The summed E-state index contributed by atoms with van der Waals surface area (Å²) in [7, 11) is 2.21. The maximum absolute atomic E-state index is 5.82. The van der Waals surface area contributed by atoms with Crippen molar-refractivity contribution in [2.45, 2.75) is 45.4 Å². The third-order valence-corrected chi connectivity index (χ3v) is 5.68. The molecule has 1 aliphatic carbocycles. The third-order valence-electron chi connectivity index (χ3n) is 5.25. The molecule has 1 fully saturated rings. The summed E-state index contributed by atoms with van der Waals surface area (Å²) in [6.07, 6.45) is 2.46. The zero-order valence-corrected chi connectivity index (χ0v) is 16.9. The molecule has 3 aromatic rings. The van der Waals surface area contributed by atoms with Crippen LogP contribution in [-0.2, 0) is 19.8 Å². The maximum atomic E-state index is 5.82. The zero-order chi connectivity index (χ0) is 18.8. The standard InChI is InChI=1S/C22H26N4S/c1-17-8-6-7-11-20(17)15-24(2)16-26-22(27)25(21(23-26)19-12-13-19)14-18-9-4-3-5-10-18/h3-11,19H,12-16H2,1-2H3/p+1. The highest BCUT2D eigenvalue weighted by molar-refractivity contribution is 7.71. The fourth-order valence-electron chi connectivity index (χ4n) is 3.56. The van der Waals surface area contributed by atoms with Crippen LogP contribution in [0.25, 0.3) is 0 Å². The predicted octanol–water partition coefficient (Wildman–Crippen LogP) is 3.32. The first-order chi connectivity index (χ1) is 13.1. The van der Waals surface area contributed by atoms with Crippen molar-refractivity contribution < 1.29 is 4.90 Å². The monoisotopic (exact) mass is 379 g/mol. The second-order valence-electron chi connectivity index (χ2n) is 7.70. The number of hydrogen-bond donors (Lipinski definition) is 1. The molecule has 1 heterocycles. The van der Waals surface area contributed by atoms with Crippen molar-refractivity contribution in [1.29, 1.82) is 0 Å². The number of aryl methyl sites for hydroxylation is 1. The number of quaternary nitrogens is 1. The van der Waals surface area contributed by atoms with Crippen LogP contribution in [0.15, 0.2) is 54.6 Å². The van der Waals surface area contributed by atoms with Gasteiger partial charge in [0.05, 0.1) is 13.6 Å². The van der Waals surface area contributed by atoms with Crippen LogP contribution in [0.1, 0.15) is 41.3 Å². The van der Waals surface area contributed by atoms with E-state index in [1.165, 1.54) is 34.4 Å². The SMILES string of the molecule is Cc1ccccc1C[NH+](C)Cn1nc(C2CC2)n(Cc2ccccc2)c1=S. The van der Waals surface area contributed by atoms with Crippen molar-refractivity contribution in [3.8, 4) is 0 Å². The zero-order valence-electron chi connectivity index (χ0n) is 16.1. The molecule has 4 nitrogen and oxygen atoms in total. The van der Waals surface area contributed by atoms with Gasteiger partial charge in [0.15, 0.2) is 6.67 Å². The van der Waals surface area contributed by atoms with Gasteiger partial charge in [0.25, 0.3) is 0 Å². The van der Waals surface area contributed by atoms with E-state index in [0.29, 0.717) is 5.92 Å². The molecule has 1 N–H and O–H groups in total. The molecule has 0 radical (unpaired) electrons. The van der Waals surface area contributed by atoms with Gasteiger partial charge in [-0.2, -0.15) is 9.78 Å². The van der Waals surface area contributed by atoms with Gasteiger partial charge in [-0.1, -0.05) is 54.6 Å². The number of hydrogen-bond acceptors (Lipinski definition) is 2. The molecule has 1 atom stereocenters. The second-order valence-corrected chi connectivity index (χ2v) is 8.07. The van der Waals surface area contributed by atoms with Gasteiger partial charge < -0.3 is 4.90 Å². The maximum Gasteiger partial charge on any atom is 0.203 e. The van der Waals surface area contributed by atoms with Gasteiger partial charge in [-0.25, -0.2) is 0 Å². The summed E-state index contributed by atoms with van der Waals surface area (Å²) in [5, 5.41) is 4.93. The number of nitrogens with one attached hydrogen (secondary N) is 1. The quantitative estimate of drug-likeness (QED) is 0.638. The smallest absolute Gasteiger partial charge is 0.203 e. The van der Waals surface area contributed by atoms with E-state index in [1.54, 1.807) is 0 Å². The van der Waals surface area contributed by atoms with E-state index in [1.807, 2.05) is 4.68 Å². The van der Waals surface area contributed by atoms with Gasteiger partial charge in [0.2, 0.25) is 4.77 Å². The molecule has 140 valence electrons. The Morgan fingerprint density at radius 2 is 1.78 bits per heavy atom. The van der Waals surface area contributed by atoms with Crippen LogP contribution in [0.4, 0.5) is 0 Å². The summed E-state index contributed by atoms with van der Waals surface area (Å²) in [6.45, 7) is 4.74. The van der Waals surface area contributed by atoms with Crippen molar-refractivity contribution >= 4 is 12.2 Å². The molecule has 1 aromatic heterocycles. The van der Waals surface area contributed by atoms with Crippen LogP contribution >= 0.6 is 12.2 Å². The van der Waals surface area contributed by atoms with Gasteiger partial charge >= 0.3 is 0 Å². The molecular weight excluding hydrogens is 352 g/mol. The summed E-state index contributed by atoms with van der Waals surface area (Å²) >= 11 is 5.82. The molecule has 5 heteroatoms. The first-order valence-electron chi connectivity index (χ1n) is 9.69. The number of nitrogens with zero attached hydrogens (tertiary/aromatic N) is 3. The van der Waals surface area contributed by atoms with Crippen LogP contribution in [-0.4, -0.2) is 21.4 Å². The molecule has 1 aliphatic rings. The highest BCUT2D eigenvalue weighted by atomic mass is 32.1. The van der Waals surface area contributed by atoms with Crippen molar-refractivity contribution in [2.75, 3.05) is 7.05 Å². The Morgan fingerprint density at radius 1 is 1.07 bits per heavy atom. The molecule has 0 saturated heterocycles. The summed E-state index contributed by atoms with van der Waals surface area (Å²) in [6, 6.07) is 19.1. The molecule has 1 unspecified atom stereocenters. The fourth-order valence-corrected chi connectivity index (χ4v) is 3.83. The fraction of sp³-hybridized carbons (Fsp3) is 0.364. The van der Waals surface area contributed by atoms with Gasteiger partial charge in [-0.3, -0.25) is 4.57 Å². The van der Waals surface area contributed by atoms with Gasteiger partial charge in [0, 0.05) is 11.5 Å². The normalized spacial score (nSPS) is 15.0. The molecule has 0 amide bonds. The Hall–Kier alpha value is -2.24. The molecule has 1 saturated carbocycles.